The van der Waals surface area contributed by atoms with E-state index in [1.807, 2.05) is 10.8 Å². The lowest BCUT2D eigenvalue weighted by Crippen LogP contribution is -2.30. The van der Waals surface area contributed by atoms with Crippen LogP contribution in [0, 0.1) is 0 Å². The number of hydrogen-bond donors (Lipinski definition) is 4. The molecule has 0 radical (unpaired) electrons. The van der Waals surface area contributed by atoms with Crippen LogP contribution in [0.4, 0.5) is 17.1 Å². The lowest BCUT2D eigenvalue weighted by molar-refractivity contribution is 0.0981. The predicted molar refractivity (Wildman–Crippen MR) is 140 cm³/mol. The number of carbonyl (C=O) groups is 1. The maximum Gasteiger partial charge on any atom is 0.264 e. The summed E-state index contributed by atoms with van der Waals surface area (Å²) in [6.45, 7) is 0. The first-order valence-corrected chi connectivity index (χ1v) is 13.4. The van der Waals surface area contributed by atoms with E-state index < -0.39 is 26.0 Å². The van der Waals surface area contributed by atoms with Gasteiger partial charge in [-0.3, -0.25) is 9.52 Å². The molecule has 36 heavy (non-hydrogen) atoms. The second-order valence-corrected chi connectivity index (χ2v) is 10.8. The van der Waals surface area contributed by atoms with Crippen LogP contribution < -0.4 is 20.9 Å². The normalized spacial score (nSPS) is 11.0. The smallest absolute Gasteiger partial charge is 0.264 e. The third-order valence-electron chi connectivity index (χ3n) is 4.67. The van der Waals surface area contributed by atoms with Gasteiger partial charge in [0.1, 0.15) is 0 Å². The molecule has 0 unspecified atom stereocenters. The molecule has 0 atom stereocenters. The lowest BCUT2D eigenvalue weighted by atomic mass is 10.2. The molecule has 186 valence electrons. The highest BCUT2D eigenvalue weighted by atomic mass is 32.2. The van der Waals surface area contributed by atoms with E-state index in [9.17, 15) is 21.6 Å². The molecule has 4 aromatic rings. The van der Waals surface area contributed by atoms with Crippen molar-refractivity contribution in [1.82, 2.24) is 4.72 Å². The fraction of sp³-hybridized carbons (Fsp3) is 0. The van der Waals surface area contributed by atoms with Crippen molar-refractivity contribution < 1.29 is 21.6 Å². The van der Waals surface area contributed by atoms with E-state index in [1.54, 1.807) is 54.6 Å². The molecule has 1 amide bonds. The van der Waals surface area contributed by atoms with Crippen molar-refractivity contribution >= 4 is 43.0 Å². The summed E-state index contributed by atoms with van der Waals surface area (Å²) in [6.07, 6.45) is 0. The van der Waals surface area contributed by atoms with Crippen molar-refractivity contribution in [2.45, 2.75) is 9.79 Å². The van der Waals surface area contributed by atoms with E-state index in [2.05, 4.69) is 4.72 Å². The van der Waals surface area contributed by atoms with Gasteiger partial charge in [-0.25, -0.2) is 21.6 Å². The second kappa shape index (κ2) is 11.4. The Bertz CT molecular complexity index is 1510. The number of hydrogen-bond acceptors (Lipinski definition) is 7. The Kier molecular flexibility index (Phi) is 8.30. The Morgan fingerprint density at radius 1 is 0.556 bits per heavy atom. The Morgan fingerprint density at radius 3 is 1.44 bits per heavy atom. The number of rotatable bonds is 6. The van der Waals surface area contributed by atoms with Crippen LogP contribution in [-0.4, -0.2) is 22.7 Å². The van der Waals surface area contributed by atoms with Crippen LogP contribution in [-0.2, 0) is 20.0 Å². The molecule has 11 heteroatoms. The third kappa shape index (κ3) is 7.32. The van der Waals surface area contributed by atoms with Gasteiger partial charge in [0.2, 0.25) is 0 Å². The largest absolute Gasteiger partial charge is 0.399 e. The second-order valence-electron chi connectivity index (χ2n) is 7.41. The first-order chi connectivity index (χ1) is 17.1. The summed E-state index contributed by atoms with van der Waals surface area (Å²) in [7, 11) is -7.42. The molecule has 0 saturated heterocycles. The zero-order valence-electron chi connectivity index (χ0n) is 18.9. The summed E-state index contributed by atoms with van der Waals surface area (Å²) in [4.78, 5) is 12.0. The van der Waals surface area contributed by atoms with Gasteiger partial charge in [-0.15, -0.1) is 0 Å². The summed E-state index contributed by atoms with van der Waals surface area (Å²) in [5.41, 5.74) is 12.8. The number of anilines is 3. The quantitative estimate of drug-likeness (QED) is 0.281. The van der Waals surface area contributed by atoms with Crippen LogP contribution in [0.5, 0.6) is 0 Å². The van der Waals surface area contributed by atoms with Crippen molar-refractivity contribution in [3.8, 4) is 0 Å². The summed E-state index contributed by atoms with van der Waals surface area (Å²) in [5, 5.41) is 0. The maximum atomic E-state index is 12.0. The van der Waals surface area contributed by atoms with Gasteiger partial charge in [-0.1, -0.05) is 36.4 Å². The summed E-state index contributed by atoms with van der Waals surface area (Å²) < 4.78 is 52.3. The van der Waals surface area contributed by atoms with E-state index in [0.29, 0.717) is 17.1 Å². The van der Waals surface area contributed by atoms with Crippen LogP contribution in [0.15, 0.2) is 119 Å². The Hall–Kier alpha value is -4.35. The number of sulfonamides is 2. The standard InChI is InChI=1S/C13H12N2O3S.C12H12N2O2S/c14-11-6-8-12(9-7-11)19(17,18)15-13(16)10-4-2-1-3-5-10;13-10-6-8-12(9-7-10)17(15,16)14-11-4-2-1-3-5-11/h1-9H,14H2,(H,15,16);1-9,14H,13H2. The molecule has 0 aliphatic heterocycles. The van der Waals surface area contributed by atoms with Crippen LogP contribution >= 0.6 is 0 Å². The summed E-state index contributed by atoms with van der Waals surface area (Å²) >= 11 is 0. The van der Waals surface area contributed by atoms with Crippen LogP contribution in [0.3, 0.4) is 0 Å². The van der Waals surface area contributed by atoms with E-state index in [0.717, 1.165) is 0 Å². The van der Waals surface area contributed by atoms with Gasteiger partial charge in [-0.05, 0) is 72.8 Å². The zero-order valence-corrected chi connectivity index (χ0v) is 20.5. The minimum absolute atomic E-state index is 0.00835. The molecule has 0 aliphatic rings. The minimum Gasteiger partial charge on any atom is -0.399 e. The molecule has 4 rings (SSSR count). The topological polar surface area (TPSA) is 161 Å². The molecule has 9 nitrogen and oxygen atoms in total. The molecule has 0 spiro atoms. The first-order valence-electron chi connectivity index (χ1n) is 10.5. The number of benzene rings is 4. The molecule has 0 aromatic heterocycles. The van der Waals surface area contributed by atoms with Crippen LogP contribution in [0.1, 0.15) is 10.4 Å². The molecule has 0 bridgehead atoms. The average molecular weight is 525 g/mol. The summed E-state index contributed by atoms with van der Waals surface area (Å²) in [5.74, 6) is -0.669. The SMILES string of the molecule is Nc1ccc(S(=O)(=O)NC(=O)c2ccccc2)cc1.Nc1ccc(S(=O)(=O)Nc2ccccc2)cc1. The molecule has 4 aromatic carbocycles. The highest BCUT2D eigenvalue weighted by molar-refractivity contribution is 7.92. The Labute approximate surface area is 209 Å². The van der Waals surface area contributed by atoms with Crippen molar-refractivity contribution in [1.29, 1.82) is 0 Å². The van der Waals surface area contributed by atoms with Gasteiger partial charge in [0.25, 0.3) is 26.0 Å². The number of amides is 1. The van der Waals surface area contributed by atoms with E-state index in [-0.39, 0.29) is 15.4 Å². The van der Waals surface area contributed by atoms with Crippen molar-refractivity contribution in [3.05, 3.63) is 115 Å². The summed E-state index contributed by atoms with van der Waals surface area (Å²) in [6, 6.07) is 28.5. The third-order valence-corrected chi connectivity index (χ3v) is 7.41. The molecule has 0 saturated carbocycles. The van der Waals surface area contributed by atoms with Gasteiger partial charge >= 0.3 is 0 Å². The maximum absolute atomic E-state index is 12.0. The molecular weight excluding hydrogens is 500 g/mol. The first kappa shape index (κ1) is 26.3. The van der Waals surface area contributed by atoms with Crippen LogP contribution in [0.25, 0.3) is 0 Å². The predicted octanol–water partition coefficient (Wildman–Crippen LogP) is 3.46. The number of nitrogens with one attached hydrogen (secondary N) is 2. The highest BCUT2D eigenvalue weighted by Crippen LogP contribution is 2.16. The van der Waals surface area contributed by atoms with E-state index in [1.165, 1.54) is 48.5 Å². The fourth-order valence-corrected chi connectivity index (χ4v) is 4.88. The molecular formula is C25H24N4O5S2. The molecule has 0 heterocycles. The Balaban J connectivity index is 0.000000202. The van der Waals surface area contributed by atoms with E-state index >= 15 is 0 Å². The monoisotopic (exact) mass is 524 g/mol. The van der Waals surface area contributed by atoms with Crippen molar-refractivity contribution in [3.63, 3.8) is 0 Å². The lowest BCUT2D eigenvalue weighted by Gasteiger charge is -2.07. The van der Waals surface area contributed by atoms with Crippen molar-refractivity contribution in [2.75, 3.05) is 16.2 Å². The Morgan fingerprint density at radius 2 is 0.972 bits per heavy atom. The van der Waals surface area contributed by atoms with Gasteiger partial charge < -0.3 is 11.5 Å². The van der Waals surface area contributed by atoms with Crippen molar-refractivity contribution in [2.24, 2.45) is 0 Å². The number of nitrogen functional groups attached to an aromatic ring is 2. The number of para-hydroxylation sites is 1. The molecule has 0 fully saturated rings. The van der Waals surface area contributed by atoms with Gasteiger partial charge in [-0.2, -0.15) is 0 Å². The average Bonchev–Trinajstić information content (AvgIpc) is 2.86. The fourth-order valence-electron chi connectivity index (χ4n) is 2.84. The van der Waals surface area contributed by atoms with Crippen LogP contribution in [0.2, 0.25) is 0 Å². The molecule has 0 aliphatic carbocycles. The number of carbonyl (C=O) groups excluding carboxylic acids is 1. The molecule has 6 N–H and O–H groups in total. The highest BCUT2D eigenvalue weighted by Gasteiger charge is 2.18. The zero-order chi connectivity index (χ0) is 26.2. The van der Waals surface area contributed by atoms with E-state index in [4.69, 9.17) is 11.5 Å². The number of nitrogens with two attached hydrogens (primary N) is 2. The minimum atomic E-state index is -3.88. The van der Waals surface area contributed by atoms with Gasteiger partial charge in [0, 0.05) is 22.6 Å². The van der Waals surface area contributed by atoms with Gasteiger partial charge in [0.05, 0.1) is 9.79 Å². The van der Waals surface area contributed by atoms with Gasteiger partial charge in [0.15, 0.2) is 0 Å².